The Morgan fingerprint density at radius 2 is 2.16 bits per heavy atom. The van der Waals surface area contributed by atoms with Crippen LogP contribution in [0.2, 0.25) is 0 Å². The summed E-state index contributed by atoms with van der Waals surface area (Å²) in [5, 5.41) is 7.84. The summed E-state index contributed by atoms with van der Waals surface area (Å²) in [6, 6.07) is 2.01. The summed E-state index contributed by atoms with van der Waals surface area (Å²) in [7, 11) is 0. The molecular formula is C13H20N6. The predicted octanol–water partition coefficient (Wildman–Crippen LogP) is 1.51. The Morgan fingerprint density at radius 1 is 1.37 bits per heavy atom. The average Bonchev–Trinajstić information content (AvgIpc) is 2.88. The Balaban J connectivity index is 1.97. The van der Waals surface area contributed by atoms with E-state index in [0.29, 0.717) is 12.3 Å². The third kappa shape index (κ3) is 2.28. The molecule has 3 N–H and O–H groups in total. The maximum Gasteiger partial charge on any atom is 0.254 e. The first-order valence-corrected chi connectivity index (χ1v) is 6.88. The number of fused-ring (bicyclic) bond motifs is 1. The maximum atomic E-state index is 6.02. The lowest BCUT2D eigenvalue weighted by Crippen LogP contribution is -2.47. The van der Waals surface area contributed by atoms with Gasteiger partial charge in [0.2, 0.25) is 0 Å². The van der Waals surface area contributed by atoms with Gasteiger partial charge in [0, 0.05) is 18.3 Å². The number of rotatable bonds is 3. The number of nitrogens with zero attached hydrogens (tertiary/aromatic N) is 4. The van der Waals surface area contributed by atoms with E-state index in [4.69, 9.17) is 5.73 Å². The summed E-state index contributed by atoms with van der Waals surface area (Å²) in [4.78, 5) is 8.51. The molecule has 19 heavy (non-hydrogen) atoms. The van der Waals surface area contributed by atoms with Gasteiger partial charge in [-0.2, -0.15) is 14.6 Å². The first-order valence-electron chi connectivity index (χ1n) is 6.88. The van der Waals surface area contributed by atoms with Gasteiger partial charge in [-0.3, -0.25) is 0 Å². The molecule has 0 bridgehead atoms. The highest BCUT2D eigenvalue weighted by Crippen LogP contribution is 2.30. The summed E-state index contributed by atoms with van der Waals surface area (Å²) in [6.07, 6.45) is 7.52. The van der Waals surface area contributed by atoms with Crippen LogP contribution in [0.25, 0.3) is 5.78 Å². The van der Waals surface area contributed by atoms with Crippen LogP contribution in [0.4, 0.5) is 5.82 Å². The molecule has 0 saturated heterocycles. The molecule has 0 amide bonds. The predicted molar refractivity (Wildman–Crippen MR) is 74.0 cm³/mol. The zero-order chi connectivity index (χ0) is 13.3. The first kappa shape index (κ1) is 12.3. The second-order valence-electron chi connectivity index (χ2n) is 5.42. The molecule has 1 fully saturated rings. The van der Waals surface area contributed by atoms with Crippen molar-refractivity contribution in [1.29, 1.82) is 0 Å². The fourth-order valence-corrected chi connectivity index (χ4v) is 2.90. The van der Waals surface area contributed by atoms with Crippen molar-refractivity contribution in [3.05, 3.63) is 18.1 Å². The molecule has 0 spiro atoms. The Hall–Kier alpha value is -1.69. The lowest BCUT2D eigenvalue weighted by molar-refractivity contribution is 0.329. The van der Waals surface area contributed by atoms with Gasteiger partial charge >= 0.3 is 0 Å². The topological polar surface area (TPSA) is 81.1 Å². The molecule has 2 aromatic rings. The van der Waals surface area contributed by atoms with Crippen molar-refractivity contribution in [2.45, 2.75) is 44.6 Å². The average molecular weight is 260 g/mol. The molecule has 6 heteroatoms. The summed E-state index contributed by atoms with van der Waals surface area (Å²) >= 11 is 0. The molecule has 2 heterocycles. The van der Waals surface area contributed by atoms with Gasteiger partial charge in [0.05, 0.1) is 5.54 Å². The number of nitrogens with two attached hydrogens (primary N) is 1. The van der Waals surface area contributed by atoms with E-state index < -0.39 is 0 Å². The van der Waals surface area contributed by atoms with Crippen LogP contribution in [0.5, 0.6) is 0 Å². The third-order valence-corrected chi connectivity index (χ3v) is 3.97. The Labute approximate surface area is 112 Å². The summed E-state index contributed by atoms with van der Waals surface area (Å²) < 4.78 is 1.75. The molecule has 0 aliphatic heterocycles. The summed E-state index contributed by atoms with van der Waals surface area (Å²) in [5.74, 6) is 1.57. The number of hydrogen-bond acceptors (Lipinski definition) is 5. The van der Waals surface area contributed by atoms with Crippen LogP contribution in [0.15, 0.2) is 12.4 Å². The van der Waals surface area contributed by atoms with Crippen LogP contribution < -0.4 is 11.1 Å². The van der Waals surface area contributed by atoms with Crippen LogP contribution in [-0.2, 0) is 0 Å². The number of aryl methyl sites for hydroxylation is 1. The SMILES string of the molecule is Cc1cc(NC2(CN)CCCCC2)n2ncnc2n1. The maximum absolute atomic E-state index is 6.02. The molecule has 0 radical (unpaired) electrons. The van der Waals surface area contributed by atoms with Crippen LogP contribution >= 0.6 is 0 Å². The van der Waals surface area contributed by atoms with Gasteiger partial charge in [-0.15, -0.1) is 0 Å². The van der Waals surface area contributed by atoms with Gasteiger partial charge in [0.1, 0.15) is 12.1 Å². The smallest absolute Gasteiger partial charge is 0.254 e. The molecule has 3 rings (SSSR count). The fourth-order valence-electron chi connectivity index (χ4n) is 2.90. The lowest BCUT2D eigenvalue weighted by Gasteiger charge is -2.37. The molecule has 0 unspecified atom stereocenters. The highest BCUT2D eigenvalue weighted by atomic mass is 15.4. The van der Waals surface area contributed by atoms with Crippen molar-refractivity contribution in [3.8, 4) is 0 Å². The standard InChI is InChI=1S/C13H20N6/c1-10-7-11(19-12(17-10)15-9-16-19)18-13(8-14)5-3-2-4-6-13/h7,9,18H,2-6,8,14H2,1H3. The van der Waals surface area contributed by atoms with Crippen LogP contribution in [0.3, 0.4) is 0 Å². The van der Waals surface area contributed by atoms with Crippen molar-refractivity contribution < 1.29 is 0 Å². The van der Waals surface area contributed by atoms with E-state index in [0.717, 1.165) is 24.4 Å². The number of hydrogen-bond donors (Lipinski definition) is 2. The molecule has 1 aliphatic carbocycles. The Bertz CT molecular complexity index is 570. The Kier molecular flexibility index (Phi) is 3.10. The van der Waals surface area contributed by atoms with Crippen molar-refractivity contribution in [2.24, 2.45) is 5.73 Å². The van der Waals surface area contributed by atoms with Crippen LogP contribution in [0.1, 0.15) is 37.8 Å². The number of nitrogens with one attached hydrogen (secondary N) is 1. The second-order valence-corrected chi connectivity index (χ2v) is 5.42. The molecule has 0 aromatic carbocycles. The Morgan fingerprint density at radius 3 is 2.89 bits per heavy atom. The summed E-state index contributed by atoms with van der Waals surface area (Å²) in [5.41, 5.74) is 6.95. The van der Waals surface area contributed by atoms with Crippen molar-refractivity contribution in [1.82, 2.24) is 19.6 Å². The highest BCUT2D eigenvalue weighted by molar-refractivity contribution is 5.46. The largest absolute Gasteiger partial charge is 0.363 e. The van der Waals surface area contributed by atoms with E-state index in [1.165, 1.54) is 25.6 Å². The van der Waals surface area contributed by atoms with Crippen LogP contribution in [-0.4, -0.2) is 31.7 Å². The molecule has 0 atom stereocenters. The van der Waals surface area contributed by atoms with Crippen molar-refractivity contribution in [2.75, 3.05) is 11.9 Å². The molecule has 2 aromatic heterocycles. The van der Waals surface area contributed by atoms with Gasteiger partial charge in [-0.1, -0.05) is 19.3 Å². The molecule has 1 saturated carbocycles. The van der Waals surface area contributed by atoms with Crippen molar-refractivity contribution in [3.63, 3.8) is 0 Å². The fraction of sp³-hybridized carbons (Fsp3) is 0.615. The van der Waals surface area contributed by atoms with Gasteiger partial charge in [-0.05, 0) is 19.8 Å². The third-order valence-electron chi connectivity index (χ3n) is 3.97. The van der Waals surface area contributed by atoms with Gasteiger partial charge in [0.25, 0.3) is 5.78 Å². The van der Waals surface area contributed by atoms with E-state index in [-0.39, 0.29) is 5.54 Å². The number of anilines is 1. The first-order chi connectivity index (χ1) is 9.22. The number of aromatic nitrogens is 4. The normalized spacial score (nSPS) is 18.6. The molecule has 102 valence electrons. The minimum absolute atomic E-state index is 0.00900. The lowest BCUT2D eigenvalue weighted by atomic mass is 9.81. The van der Waals surface area contributed by atoms with Gasteiger partial charge in [0.15, 0.2) is 0 Å². The second kappa shape index (κ2) is 4.77. The van der Waals surface area contributed by atoms with E-state index in [2.05, 4.69) is 20.4 Å². The van der Waals surface area contributed by atoms with Crippen molar-refractivity contribution >= 4 is 11.6 Å². The summed E-state index contributed by atoms with van der Waals surface area (Å²) in [6.45, 7) is 2.61. The van der Waals surface area contributed by atoms with E-state index >= 15 is 0 Å². The zero-order valence-corrected chi connectivity index (χ0v) is 11.3. The van der Waals surface area contributed by atoms with E-state index in [9.17, 15) is 0 Å². The van der Waals surface area contributed by atoms with Gasteiger partial charge < -0.3 is 11.1 Å². The van der Waals surface area contributed by atoms with E-state index in [1.54, 1.807) is 4.52 Å². The monoisotopic (exact) mass is 260 g/mol. The van der Waals surface area contributed by atoms with Crippen LogP contribution in [0, 0.1) is 6.92 Å². The molecule has 1 aliphatic rings. The zero-order valence-electron chi connectivity index (χ0n) is 11.3. The minimum atomic E-state index is -0.00900. The highest BCUT2D eigenvalue weighted by Gasteiger charge is 2.31. The quantitative estimate of drug-likeness (QED) is 0.874. The minimum Gasteiger partial charge on any atom is -0.363 e. The molecule has 6 nitrogen and oxygen atoms in total. The van der Waals surface area contributed by atoms with E-state index in [1.807, 2.05) is 13.0 Å². The molecular weight excluding hydrogens is 240 g/mol. The van der Waals surface area contributed by atoms with Gasteiger partial charge in [-0.25, -0.2) is 4.98 Å².